The highest BCUT2D eigenvalue weighted by molar-refractivity contribution is 5.52. The number of benzene rings is 1. The van der Waals surface area contributed by atoms with Crippen LogP contribution in [0.3, 0.4) is 0 Å². The van der Waals surface area contributed by atoms with Crippen molar-refractivity contribution in [1.82, 2.24) is 0 Å². The molecule has 1 aromatic rings. The van der Waals surface area contributed by atoms with Crippen molar-refractivity contribution < 1.29 is 22.0 Å². The van der Waals surface area contributed by atoms with E-state index in [1.165, 1.54) is 50.7 Å². The number of halogens is 5. The third-order valence-electron chi connectivity index (χ3n) is 6.98. The fraction of sp³-hybridized carbons (Fsp3) is 0.667. The molecule has 0 bridgehead atoms. The molecule has 3 rings (SSSR count). The van der Waals surface area contributed by atoms with E-state index in [0.717, 1.165) is 37.5 Å². The molecule has 0 N–H and O–H groups in total. The smallest absolute Gasteiger partial charge is 0.206 e. The molecule has 2 fully saturated rings. The van der Waals surface area contributed by atoms with E-state index in [4.69, 9.17) is 0 Å². The summed E-state index contributed by atoms with van der Waals surface area (Å²) in [6.07, 6.45) is 7.60. The molecular formula is C24H31F5. The molecule has 0 aromatic heterocycles. The Hall–Kier alpha value is -1.39. The van der Waals surface area contributed by atoms with Crippen LogP contribution in [0.15, 0.2) is 18.2 Å². The Morgan fingerprint density at radius 3 is 1.79 bits per heavy atom. The predicted molar refractivity (Wildman–Crippen MR) is 107 cm³/mol. The van der Waals surface area contributed by atoms with Crippen molar-refractivity contribution >= 4 is 6.08 Å². The van der Waals surface area contributed by atoms with Crippen molar-refractivity contribution in [3.05, 3.63) is 41.0 Å². The van der Waals surface area contributed by atoms with Crippen LogP contribution >= 0.6 is 0 Å². The minimum Gasteiger partial charge on any atom is -0.206 e. The van der Waals surface area contributed by atoms with Crippen LogP contribution in [0, 0.1) is 29.4 Å². The molecule has 0 amide bonds. The third-order valence-corrected chi connectivity index (χ3v) is 6.98. The van der Waals surface area contributed by atoms with Crippen LogP contribution in [-0.2, 0) is 0 Å². The van der Waals surface area contributed by atoms with Crippen molar-refractivity contribution in [2.24, 2.45) is 17.8 Å². The van der Waals surface area contributed by atoms with Crippen LogP contribution in [0.1, 0.15) is 88.2 Å². The lowest BCUT2D eigenvalue weighted by molar-refractivity contribution is -0.0790. The van der Waals surface area contributed by atoms with Crippen LogP contribution in [0.5, 0.6) is 0 Å². The van der Waals surface area contributed by atoms with E-state index in [1.807, 2.05) is 0 Å². The largest absolute Gasteiger partial charge is 0.409 e. The molecule has 2 aliphatic rings. The van der Waals surface area contributed by atoms with Gasteiger partial charge in [0.2, 0.25) is 0 Å². The second kappa shape index (κ2) is 9.61. The van der Waals surface area contributed by atoms with E-state index in [1.54, 1.807) is 0 Å². The van der Waals surface area contributed by atoms with Crippen LogP contribution in [0.25, 0.3) is 6.08 Å². The Bertz CT molecular complexity index is 667. The second-order valence-corrected chi connectivity index (χ2v) is 9.19. The Labute approximate surface area is 170 Å². The van der Waals surface area contributed by atoms with E-state index >= 15 is 0 Å². The SMILES string of the molecule is CC1CCC(CCC2CCC(c3cc(F)c(/C=C/C(F)(F)F)c(F)c3)CC2)CC1. The zero-order valence-corrected chi connectivity index (χ0v) is 17.1. The van der Waals surface area contributed by atoms with Gasteiger partial charge >= 0.3 is 6.18 Å². The van der Waals surface area contributed by atoms with Gasteiger partial charge in [0.15, 0.2) is 0 Å². The van der Waals surface area contributed by atoms with Gasteiger partial charge in [0, 0.05) is 11.6 Å². The highest BCUT2D eigenvalue weighted by Gasteiger charge is 2.26. The summed E-state index contributed by atoms with van der Waals surface area (Å²) in [5, 5.41) is 0. The summed E-state index contributed by atoms with van der Waals surface area (Å²) in [5.41, 5.74) is -0.0505. The van der Waals surface area contributed by atoms with E-state index in [-0.39, 0.29) is 12.0 Å². The molecule has 0 atom stereocenters. The summed E-state index contributed by atoms with van der Waals surface area (Å²) in [4.78, 5) is 0. The monoisotopic (exact) mass is 414 g/mol. The van der Waals surface area contributed by atoms with Crippen molar-refractivity contribution in [3.63, 3.8) is 0 Å². The zero-order chi connectivity index (χ0) is 21.0. The van der Waals surface area contributed by atoms with Crippen molar-refractivity contribution in [3.8, 4) is 0 Å². The van der Waals surface area contributed by atoms with Crippen LogP contribution in [0.2, 0.25) is 0 Å². The molecule has 0 unspecified atom stereocenters. The van der Waals surface area contributed by atoms with Crippen LogP contribution in [0.4, 0.5) is 22.0 Å². The van der Waals surface area contributed by atoms with Gasteiger partial charge in [0.25, 0.3) is 0 Å². The fourth-order valence-electron chi connectivity index (χ4n) is 5.05. The second-order valence-electron chi connectivity index (χ2n) is 9.19. The maximum atomic E-state index is 14.2. The minimum absolute atomic E-state index is 0.0893. The third kappa shape index (κ3) is 6.55. The average Bonchev–Trinajstić information content (AvgIpc) is 2.66. The first-order chi connectivity index (χ1) is 13.7. The van der Waals surface area contributed by atoms with Gasteiger partial charge in [-0.2, -0.15) is 13.2 Å². The van der Waals surface area contributed by atoms with Gasteiger partial charge in [-0.3, -0.25) is 0 Å². The van der Waals surface area contributed by atoms with Gasteiger partial charge in [-0.1, -0.05) is 45.4 Å². The normalized spacial score (nSPS) is 28.8. The minimum atomic E-state index is -4.59. The summed E-state index contributed by atoms with van der Waals surface area (Å²) >= 11 is 0. The molecule has 5 heteroatoms. The van der Waals surface area contributed by atoms with Crippen LogP contribution in [-0.4, -0.2) is 6.18 Å². The molecule has 2 saturated carbocycles. The molecule has 0 heterocycles. The fourth-order valence-corrected chi connectivity index (χ4v) is 5.05. The molecule has 0 radical (unpaired) electrons. The van der Waals surface area contributed by atoms with Crippen LogP contribution < -0.4 is 0 Å². The first-order valence-electron chi connectivity index (χ1n) is 11.0. The van der Waals surface area contributed by atoms with E-state index in [2.05, 4.69) is 6.92 Å². The molecule has 2 aliphatic carbocycles. The van der Waals surface area contributed by atoms with Crippen molar-refractivity contribution in [2.45, 2.75) is 83.2 Å². The Kier molecular flexibility index (Phi) is 7.39. The number of alkyl halides is 3. The molecular weight excluding hydrogens is 383 g/mol. The highest BCUT2D eigenvalue weighted by Crippen LogP contribution is 2.40. The summed E-state index contributed by atoms with van der Waals surface area (Å²) in [7, 11) is 0. The lowest BCUT2D eigenvalue weighted by atomic mass is 9.74. The summed E-state index contributed by atoms with van der Waals surface area (Å²) < 4.78 is 65.3. The number of hydrogen-bond donors (Lipinski definition) is 0. The molecule has 0 saturated heterocycles. The Balaban J connectivity index is 1.52. The Morgan fingerprint density at radius 1 is 0.828 bits per heavy atom. The van der Waals surface area contributed by atoms with E-state index < -0.39 is 23.4 Å². The molecule has 0 nitrogen and oxygen atoms in total. The Morgan fingerprint density at radius 2 is 1.31 bits per heavy atom. The molecule has 162 valence electrons. The average molecular weight is 415 g/mol. The summed E-state index contributed by atoms with van der Waals surface area (Å²) in [6.45, 7) is 2.34. The lowest BCUT2D eigenvalue weighted by Crippen LogP contribution is -2.17. The van der Waals surface area contributed by atoms with Gasteiger partial charge in [-0.15, -0.1) is 0 Å². The molecule has 1 aromatic carbocycles. The predicted octanol–water partition coefficient (Wildman–Crippen LogP) is 8.42. The first-order valence-corrected chi connectivity index (χ1v) is 11.0. The maximum Gasteiger partial charge on any atom is 0.409 e. The van der Waals surface area contributed by atoms with Gasteiger partial charge in [0.05, 0.1) is 0 Å². The number of rotatable bonds is 5. The van der Waals surface area contributed by atoms with E-state index in [0.29, 0.717) is 17.6 Å². The molecule has 0 spiro atoms. The highest BCUT2D eigenvalue weighted by atomic mass is 19.4. The lowest BCUT2D eigenvalue weighted by Gasteiger charge is -2.31. The molecule has 29 heavy (non-hydrogen) atoms. The standard InChI is InChI=1S/C24H31F5/c1-16-2-4-17(5-3-16)6-7-18-8-10-19(11-9-18)20-14-22(25)21(23(26)15-20)12-13-24(27,28)29/h12-19H,2-11H2,1H3/b13-12+. The van der Waals surface area contributed by atoms with Gasteiger partial charge < -0.3 is 0 Å². The number of allylic oxidation sites excluding steroid dienone is 1. The quantitative estimate of drug-likeness (QED) is 0.424. The topological polar surface area (TPSA) is 0 Å². The zero-order valence-electron chi connectivity index (χ0n) is 17.1. The maximum absolute atomic E-state index is 14.2. The first kappa shape index (κ1) is 22.3. The van der Waals surface area contributed by atoms with Gasteiger partial charge in [-0.25, -0.2) is 8.78 Å². The summed E-state index contributed by atoms with van der Waals surface area (Å²) in [6, 6.07) is 2.43. The van der Waals surface area contributed by atoms with Crippen molar-refractivity contribution in [2.75, 3.05) is 0 Å². The van der Waals surface area contributed by atoms with Gasteiger partial charge in [-0.05, 0) is 73.1 Å². The van der Waals surface area contributed by atoms with Gasteiger partial charge in [0.1, 0.15) is 11.6 Å². The van der Waals surface area contributed by atoms with E-state index in [9.17, 15) is 22.0 Å². The molecule has 0 aliphatic heterocycles. The summed E-state index contributed by atoms with van der Waals surface area (Å²) in [5.74, 6) is 0.672. The van der Waals surface area contributed by atoms with Crippen molar-refractivity contribution in [1.29, 1.82) is 0 Å². The number of hydrogen-bond acceptors (Lipinski definition) is 0.